The van der Waals surface area contributed by atoms with Gasteiger partial charge in [0.1, 0.15) is 0 Å². The van der Waals surface area contributed by atoms with Crippen LogP contribution in [0, 0.1) is 0 Å². The Kier molecular flexibility index (Phi) is 5.86. The molecule has 1 atom stereocenters. The summed E-state index contributed by atoms with van der Waals surface area (Å²) in [7, 11) is -1.99. The summed E-state index contributed by atoms with van der Waals surface area (Å²) in [5.74, 6) is -1.43. The predicted octanol–water partition coefficient (Wildman–Crippen LogP) is -0.505. The highest BCUT2D eigenvalue weighted by Crippen LogP contribution is 2.08. The van der Waals surface area contributed by atoms with Gasteiger partial charge in [0.25, 0.3) is 5.91 Å². The van der Waals surface area contributed by atoms with E-state index in [0.717, 1.165) is 13.4 Å². The molecule has 0 fully saturated rings. The molecule has 1 aromatic carbocycles. The Labute approximate surface area is 122 Å². The van der Waals surface area contributed by atoms with Crippen molar-refractivity contribution in [1.29, 1.82) is 0 Å². The molecule has 21 heavy (non-hydrogen) atoms. The highest BCUT2D eigenvalue weighted by Gasteiger charge is 2.21. The number of esters is 1. The number of carbonyl (C=O) groups is 2. The van der Waals surface area contributed by atoms with Crippen LogP contribution in [0.4, 0.5) is 0 Å². The number of hydrogen-bond donors (Lipinski definition) is 2. The Morgan fingerprint density at radius 1 is 1.29 bits per heavy atom. The van der Waals surface area contributed by atoms with Gasteiger partial charge >= 0.3 is 5.97 Å². The number of amides is 1. The molecule has 0 aliphatic heterocycles. The first-order valence-corrected chi connectivity index (χ1v) is 8.09. The molecule has 0 saturated carbocycles. The quantitative estimate of drug-likeness (QED) is 0.685. The average Bonchev–Trinajstić information content (AvgIpc) is 2.42. The van der Waals surface area contributed by atoms with Gasteiger partial charge in [0, 0.05) is 11.8 Å². The summed E-state index contributed by atoms with van der Waals surface area (Å²) >= 11 is 0. The third-order valence-corrected chi connectivity index (χ3v) is 3.48. The SMILES string of the molecule is COC(=O)[C@H](CO)NC(=O)c1ccc(CS(C)(=O)=O)cc1. The van der Waals surface area contributed by atoms with E-state index in [9.17, 15) is 18.0 Å². The molecule has 0 bridgehead atoms. The predicted molar refractivity (Wildman–Crippen MR) is 75.3 cm³/mol. The minimum atomic E-state index is -3.14. The smallest absolute Gasteiger partial charge is 0.330 e. The van der Waals surface area contributed by atoms with Gasteiger partial charge in [-0.3, -0.25) is 4.79 Å². The largest absolute Gasteiger partial charge is 0.467 e. The molecule has 8 heteroatoms. The minimum Gasteiger partial charge on any atom is -0.467 e. The van der Waals surface area contributed by atoms with E-state index in [1.54, 1.807) is 0 Å². The van der Waals surface area contributed by atoms with Crippen LogP contribution >= 0.6 is 0 Å². The van der Waals surface area contributed by atoms with E-state index in [2.05, 4.69) is 10.1 Å². The van der Waals surface area contributed by atoms with Crippen LogP contribution in [0.15, 0.2) is 24.3 Å². The minimum absolute atomic E-state index is 0.115. The van der Waals surface area contributed by atoms with Crippen LogP contribution in [0.2, 0.25) is 0 Å². The summed E-state index contributed by atoms with van der Waals surface area (Å²) in [6.45, 7) is -0.579. The molecule has 0 aromatic heterocycles. The summed E-state index contributed by atoms with van der Waals surface area (Å²) in [4.78, 5) is 23.1. The number of carbonyl (C=O) groups excluding carboxylic acids is 2. The van der Waals surface area contributed by atoms with Crippen molar-refractivity contribution in [2.45, 2.75) is 11.8 Å². The molecule has 0 saturated heterocycles. The standard InChI is InChI=1S/C13H17NO6S/c1-20-13(17)11(7-15)14-12(16)10-5-3-9(4-6-10)8-21(2,18)19/h3-6,11,15H,7-8H2,1-2H3,(H,14,16)/t11-/m0/s1. The maximum Gasteiger partial charge on any atom is 0.330 e. The highest BCUT2D eigenvalue weighted by atomic mass is 32.2. The number of rotatable bonds is 6. The van der Waals surface area contributed by atoms with Crippen molar-refractivity contribution in [2.24, 2.45) is 0 Å². The number of methoxy groups -OCH3 is 1. The van der Waals surface area contributed by atoms with Crippen LogP contribution in [-0.4, -0.2) is 51.4 Å². The van der Waals surface area contributed by atoms with Crippen LogP contribution in [0.5, 0.6) is 0 Å². The Morgan fingerprint density at radius 2 is 1.86 bits per heavy atom. The second-order valence-corrected chi connectivity index (χ2v) is 6.64. The molecule has 0 heterocycles. The molecule has 0 spiro atoms. The third-order valence-electron chi connectivity index (χ3n) is 2.62. The first kappa shape index (κ1) is 17.1. The molecule has 1 aromatic rings. The number of aliphatic hydroxyl groups is 1. The van der Waals surface area contributed by atoms with Gasteiger partial charge < -0.3 is 15.2 Å². The van der Waals surface area contributed by atoms with E-state index in [-0.39, 0.29) is 11.3 Å². The fourth-order valence-corrected chi connectivity index (χ4v) is 2.42. The first-order valence-electron chi connectivity index (χ1n) is 6.03. The zero-order valence-electron chi connectivity index (χ0n) is 11.7. The second-order valence-electron chi connectivity index (χ2n) is 4.50. The monoisotopic (exact) mass is 315 g/mol. The summed E-state index contributed by atoms with van der Waals surface area (Å²) in [6.07, 6.45) is 1.12. The molecule has 0 radical (unpaired) electrons. The number of ether oxygens (including phenoxy) is 1. The van der Waals surface area contributed by atoms with E-state index >= 15 is 0 Å². The average molecular weight is 315 g/mol. The van der Waals surface area contributed by atoms with Gasteiger partial charge in [0.05, 0.1) is 19.5 Å². The van der Waals surface area contributed by atoms with Gasteiger partial charge in [-0.1, -0.05) is 12.1 Å². The van der Waals surface area contributed by atoms with Gasteiger partial charge in [-0.15, -0.1) is 0 Å². The fraction of sp³-hybridized carbons (Fsp3) is 0.385. The molecule has 116 valence electrons. The number of nitrogens with one attached hydrogen (secondary N) is 1. The lowest BCUT2D eigenvalue weighted by molar-refractivity contribution is -0.143. The van der Waals surface area contributed by atoms with Gasteiger partial charge in [-0.25, -0.2) is 13.2 Å². The van der Waals surface area contributed by atoms with Crippen LogP contribution in [0.1, 0.15) is 15.9 Å². The Balaban J connectivity index is 2.77. The second kappa shape index (κ2) is 7.19. The van der Waals surface area contributed by atoms with Crippen molar-refractivity contribution in [3.63, 3.8) is 0 Å². The van der Waals surface area contributed by atoms with Gasteiger partial charge in [0.15, 0.2) is 15.9 Å². The number of aliphatic hydroxyl groups excluding tert-OH is 1. The van der Waals surface area contributed by atoms with E-state index in [1.165, 1.54) is 24.3 Å². The number of sulfone groups is 1. The lowest BCUT2D eigenvalue weighted by Gasteiger charge is -2.13. The maximum absolute atomic E-state index is 11.9. The van der Waals surface area contributed by atoms with E-state index in [4.69, 9.17) is 5.11 Å². The molecule has 0 unspecified atom stereocenters. The molecular formula is C13H17NO6S. The van der Waals surface area contributed by atoms with Crippen LogP contribution in [0.3, 0.4) is 0 Å². The molecular weight excluding hydrogens is 298 g/mol. The normalized spacial score (nSPS) is 12.5. The van der Waals surface area contributed by atoms with Crippen LogP contribution < -0.4 is 5.32 Å². The summed E-state index contributed by atoms with van der Waals surface area (Å²) in [6, 6.07) is 4.78. The number of benzene rings is 1. The van der Waals surface area contributed by atoms with Crippen molar-refractivity contribution in [2.75, 3.05) is 20.0 Å². The maximum atomic E-state index is 11.9. The summed E-state index contributed by atoms with van der Waals surface area (Å²) in [5, 5.41) is 11.3. The highest BCUT2D eigenvalue weighted by molar-refractivity contribution is 7.89. The molecule has 0 aliphatic carbocycles. The van der Waals surface area contributed by atoms with Crippen molar-refractivity contribution < 1.29 is 27.9 Å². The van der Waals surface area contributed by atoms with Crippen molar-refractivity contribution in [1.82, 2.24) is 5.32 Å². The van der Waals surface area contributed by atoms with Gasteiger partial charge in [-0.2, -0.15) is 0 Å². The number of hydrogen-bond acceptors (Lipinski definition) is 6. The zero-order chi connectivity index (χ0) is 16.0. The topological polar surface area (TPSA) is 110 Å². The Morgan fingerprint density at radius 3 is 2.29 bits per heavy atom. The van der Waals surface area contributed by atoms with Crippen molar-refractivity contribution in [3.05, 3.63) is 35.4 Å². The summed E-state index contributed by atoms with van der Waals surface area (Å²) in [5.41, 5.74) is 0.801. The fourth-order valence-electron chi connectivity index (χ4n) is 1.62. The molecule has 1 rings (SSSR count). The van der Waals surface area contributed by atoms with Gasteiger partial charge in [-0.05, 0) is 17.7 Å². The lowest BCUT2D eigenvalue weighted by Crippen LogP contribution is -2.44. The zero-order valence-corrected chi connectivity index (χ0v) is 12.5. The van der Waals surface area contributed by atoms with E-state index in [1.807, 2.05) is 0 Å². The van der Waals surface area contributed by atoms with E-state index < -0.39 is 34.4 Å². The van der Waals surface area contributed by atoms with Crippen molar-refractivity contribution >= 4 is 21.7 Å². The molecule has 1 amide bonds. The first-order chi connectivity index (χ1) is 9.76. The van der Waals surface area contributed by atoms with Crippen LogP contribution in [0.25, 0.3) is 0 Å². The van der Waals surface area contributed by atoms with Crippen molar-refractivity contribution in [3.8, 4) is 0 Å². The molecule has 7 nitrogen and oxygen atoms in total. The lowest BCUT2D eigenvalue weighted by atomic mass is 10.1. The summed E-state index contributed by atoms with van der Waals surface area (Å²) < 4.78 is 26.7. The molecule has 2 N–H and O–H groups in total. The Hall–Kier alpha value is -1.93. The van der Waals surface area contributed by atoms with Crippen LogP contribution in [-0.2, 0) is 25.1 Å². The molecule has 0 aliphatic rings. The Bertz CT molecular complexity index is 608. The van der Waals surface area contributed by atoms with Gasteiger partial charge in [0.2, 0.25) is 0 Å². The van der Waals surface area contributed by atoms with E-state index in [0.29, 0.717) is 5.56 Å². The third kappa shape index (κ3) is 5.52.